The first-order chi connectivity index (χ1) is 4.20. The predicted molar refractivity (Wildman–Crippen MR) is 60.0 cm³/mol. The van der Waals surface area contributed by atoms with Crippen molar-refractivity contribution in [3.05, 3.63) is 11.0 Å². The Hall–Kier alpha value is -0.600. The molecule has 0 radical (unpaired) electrons. The van der Waals surface area contributed by atoms with Gasteiger partial charge < -0.3 is 27.4 Å². The molecule has 13 heavy (non-hydrogen) atoms. The Kier molecular flexibility index (Phi) is 16.7. The summed E-state index contributed by atoms with van der Waals surface area (Å²) in [5, 5.41) is 0. The molecule has 0 spiro atoms. The van der Waals surface area contributed by atoms with Gasteiger partial charge in [0.15, 0.2) is 4.77 Å². The fraction of sp³-hybridized carbons (Fsp3) is 0. The molecule has 6 nitrogen and oxygen atoms in total. The van der Waals surface area contributed by atoms with Crippen molar-refractivity contribution >= 4 is 48.5 Å². The number of nitrogens with two attached hydrogens (primary N) is 2. The number of aromatic nitrogens is 2. The highest BCUT2D eigenvalue weighted by Crippen LogP contribution is 2.05. The van der Waals surface area contributed by atoms with Crippen LogP contribution in [0.5, 0.6) is 0 Å². The maximum Gasteiger partial charge on any atom is 0.198 e. The zero-order valence-electron chi connectivity index (χ0n) is 6.40. The van der Waals surface area contributed by atoms with Crippen LogP contribution in [0.15, 0.2) is 6.20 Å². The van der Waals surface area contributed by atoms with Gasteiger partial charge in [0, 0.05) is 0 Å². The summed E-state index contributed by atoms with van der Waals surface area (Å²) in [4.78, 5) is 6.29. The SMILES string of the molecule is Cl.Cl.Nc1cnc(=S)[nH]c1N.O.O. The summed E-state index contributed by atoms with van der Waals surface area (Å²) >= 11 is 4.66. The van der Waals surface area contributed by atoms with E-state index in [0.717, 1.165) is 0 Å². The third-order valence-electron chi connectivity index (χ3n) is 0.873. The van der Waals surface area contributed by atoms with Crippen molar-refractivity contribution < 1.29 is 11.0 Å². The van der Waals surface area contributed by atoms with Crippen LogP contribution in [-0.2, 0) is 0 Å². The molecule has 0 saturated heterocycles. The summed E-state index contributed by atoms with van der Waals surface area (Å²) < 4.78 is 0.349. The Bertz CT molecular complexity index is 281. The third kappa shape index (κ3) is 6.55. The highest BCUT2D eigenvalue weighted by atomic mass is 35.5. The second-order valence-corrected chi connectivity index (χ2v) is 1.94. The third-order valence-corrected chi connectivity index (χ3v) is 1.08. The Balaban J connectivity index is -0.000000101. The zero-order valence-corrected chi connectivity index (χ0v) is 8.85. The van der Waals surface area contributed by atoms with Crippen LogP contribution in [0.25, 0.3) is 0 Å². The van der Waals surface area contributed by atoms with Crippen molar-refractivity contribution in [1.82, 2.24) is 9.97 Å². The van der Waals surface area contributed by atoms with Gasteiger partial charge in [-0.1, -0.05) is 0 Å². The smallest absolute Gasteiger partial charge is 0.198 e. The molecule has 0 aliphatic heterocycles. The monoisotopic (exact) mass is 250 g/mol. The highest BCUT2D eigenvalue weighted by Gasteiger charge is 1.89. The van der Waals surface area contributed by atoms with Gasteiger partial charge in [0.2, 0.25) is 0 Å². The average molecular weight is 251 g/mol. The van der Waals surface area contributed by atoms with Crippen LogP contribution in [0.2, 0.25) is 0 Å². The quantitative estimate of drug-likeness (QED) is 0.533. The summed E-state index contributed by atoms with van der Waals surface area (Å²) in [6.07, 6.45) is 1.42. The molecule has 9 heteroatoms. The topological polar surface area (TPSA) is 144 Å². The summed E-state index contributed by atoms with van der Waals surface area (Å²) in [6, 6.07) is 0. The van der Waals surface area contributed by atoms with Gasteiger partial charge in [0.1, 0.15) is 5.82 Å². The minimum atomic E-state index is 0. The molecule has 80 valence electrons. The number of hydrogen-bond acceptors (Lipinski definition) is 4. The van der Waals surface area contributed by atoms with E-state index in [-0.39, 0.29) is 35.8 Å². The van der Waals surface area contributed by atoms with E-state index in [1.54, 1.807) is 0 Å². The maximum atomic E-state index is 5.33. The number of anilines is 2. The summed E-state index contributed by atoms with van der Waals surface area (Å²) in [5.41, 5.74) is 11.1. The fourth-order valence-corrected chi connectivity index (χ4v) is 0.580. The van der Waals surface area contributed by atoms with Gasteiger partial charge in [-0.3, -0.25) is 0 Å². The van der Waals surface area contributed by atoms with Crippen LogP contribution in [0.3, 0.4) is 0 Å². The minimum Gasteiger partial charge on any atom is -0.412 e. The first-order valence-electron chi connectivity index (χ1n) is 2.30. The lowest BCUT2D eigenvalue weighted by molar-refractivity contribution is 0.823. The van der Waals surface area contributed by atoms with E-state index in [4.69, 9.17) is 11.5 Å². The van der Waals surface area contributed by atoms with E-state index in [9.17, 15) is 0 Å². The second kappa shape index (κ2) is 9.49. The van der Waals surface area contributed by atoms with E-state index < -0.39 is 0 Å². The zero-order chi connectivity index (χ0) is 6.85. The van der Waals surface area contributed by atoms with Gasteiger partial charge >= 0.3 is 0 Å². The molecule has 0 bridgehead atoms. The van der Waals surface area contributed by atoms with Crippen molar-refractivity contribution in [3.63, 3.8) is 0 Å². The lowest BCUT2D eigenvalue weighted by Crippen LogP contribution is -1.98. The number of rotatable bonds is 0. The molecule has 0 unspecified atom stereocenters. The lowest BCUT2D eigenvalue weighted by Gasteiger charge is -1.94. The Morgan fingerprint density at radius 1 is 1.23 bits per heavy atom. The van der Waals surface area contributed by atoms with Crippen LogP contribution in [-0.4, -0.2) is 20.9 Å². The van der Waals surface area contributed by atoms with Crippen molar-refractivity contribution in [2.24, 2.45) is 0 Å². The van der Waals surface area contributed by atoms with E-state index in [2.05, 4.69) is 22.2 Å². The molecule has 0 fully saturated rings. The summed E-state index contributed by atoms with van der Waals surface area (Å²) in [7, 11) is 0. The standard InChI is InChI=1S/C4H6N4S.2ClH.2H2O/c5-2-1-7-4(9)8-3(2)6;;;;/h1H,5H2,(H3,6,7,8,9);2*1H;2*1H2. The molecule has 0 aliphatic rings. The molecule has 1 rings (SSSR count). The number of nitrogen functional groups attached to an aromatic ring is 2. The fourth-order valence-electron chi connectivity index (χ4n) is 0.417. The Labute approximate surface area is 92.2 Å². The van der Waals surface area contributed by atoms with E-state index in [1.807, 2.05) is 0 Å². The van der Waals surface area contributed by atoms with Crippen LogP contribution < -0.4 is 11.5 Å². The number of halogens is 2. The second-order valence-electron chi connectivity index (χ2n) is 1.56. The molecule has 0 saturated carbocycles. The molecule has 1 aromatic heterocycles. The van der Waals surface area contributed by atoms with Crippen LogP contribution >= 0.6 is 37.0 Å². The molecule has 9 N–H and O–H groups in total. The van der Waals surface area contributed by atoms with Crippen molar-refractivity contribution in [3.8, 4) is 0 Å². The molecule has 0 aliphatic carbocycles. The van der Waals surface area contributed by atoms with Crippen molar-refractivity contribution in [2.75, 3.05) is 11.5 Å². The highest BCUT2D eigenvalue weighted by molar-refractivity contribution is 7.71. The number of aromatic amines is 1. The largest absolute Gasteiger partial charge is 0.412 e. The Morgan fingerprint density at radius 2 is 1.69 bits per heavy atom. The minimum absolute atomic E-state index is 0. The molecular weight excluding hydrogens is 239 g/mol. The molecule has 1 aromatic rings. The summed E-state index contributed by atoms with van der Waals surface area (Å²) in [5.74, 6) is 0.370. The van der Waals surface area contributed by atoms with Crippen LogP contribution in [0, 0.1) is 4.77 Å². The number of H-pyrrole nitrogens is 1. The first-order valence-corrected chi connectivity index (χ1v) is 2.71. The van der Waals surface area contributed by atoms with E-state index in [0.29, 0.717) is 16.3 Å². The lowest BCUT2D eigenvalue weighted by atomic mass is 10.5. The van der Waals surface area contributed by atoms with Gasteiger partial charge in [0.05, 0.1) is 11.9 Å². The van der Waals surface area contributed by atoms with E-state index >= 15 is 0 Å². The van der Waals surface area contributed by atoms with Gasteiger partial charge in [-0.2, -0.15) is 0 Å². The van der Waals surface area contributed by atoms with E-state index in [1.165, 1.54) is 6.20 Å². The number of nitrogens with one attached hydrogen (secondary N) is 1. The van der Waals surface area contributed by atoms with Crippen LogP contribution in [0.1, 0.15) is 0 Å². The van der Waals surface area contributed by atoms with Crippen LogP contribution in [0.4, 0.5) is 11.5 Å². The maximum absolute atomic E-state index is 5.33. The van der Waals surface area contributed by atoms with Gasteiger partial charge in [-0.25, -0.2) is 4.98 Å². The van der Waals surface area contributed by atoms with Crippen molar-refractivity contribution in [1.29, 1.82) is 0 Å². The summed E-state index contributed by atoms with van der Waals surface area (Å²) in [6.45, 7) is 0. The number of nitrogens with zero attached hydrogens (tertiary/aromatic N) is 1. The molecule has 1 heterocycles. The first kappa shape index (κ1) is 22.8. The average Bonchev–Trinajstić information content (AvgIpc) is 1.80. The molecular formula is C4H12Cl2N4O2S. The number of hydrogen-bond donors (Lipinski definition) is 3. The van der Waals surface area contributed by atoms with Gasteiger partial charge in [0.25, 0.3) is 0 Å². The normalized spacial score (nSPS) is 6.46. The molecule has 0 aromatic carbocycles. The van der Waals surface area contributed by atoms with Gasteiger partial charge in [-0.15, -0.1) is 24.8 Å². The molecule has 0 atom stereocenters. The van der Waals surface area contributed by atoms with Crippen molar-refractivity contribution in [2.45, 2.75) is 0 Å². The predicted octanol–water partition coefficient (Wildman–Crippen LogP) is -0.502. The van der Waals surface area contributed by atoms with Gasteiger partial charge in [-0.05, 0) is 12.2 Å². The molecule has 0 amide bonds. The Morgan fingerprint density at radius 3 is 2.00 bits per heavy atom.